The van der Waals surface area contributed by atoms with Crippen molar-refractivity contribution in [3.8, 4) is 0 Å². The van der Waals surface area contributed by atoms with Gasteiger partial charge in [-0.15, -0.1) is 0 Å². The van der Waals surface area contributed by atoms with E-state index in [0.717, 1.165) is 31.7 Å². The summed E-state index contributed by atoms with van der Waals surface area (Å²) in [5.41, 5.74) is 2.39. The molecule has 0 radical (unpaired) electrons. The van der Waals surface area contributed by atoms with Crippen LogP contribution in [0.2, 0.25) is 0 Å². The predicted octanol–water partition coefficient (Wildman–Crippen LogP) is 2.28. The number of rotatable bonds is 5. The van der Waals surface area contributed by atoms with Crippen LogP contribution in [0.5, 0.6) is 0 Å². The fourth-order valence-electron chi connectivity index (χ4n) is 2.97. The second-order valence-corrected chi connectivity index (χ2v) is 5.68. The zero-order valence-electron chi connectivity index (χ0n) is 13.3. The normalized spacial score (nSPS) is 22.0. The maximum absolute atomic E-state index is 4.65. The highest BCUT2D eigenvalue weighted by molar-refractivity contribution is 5.45. The van der Waals surface area contributed by atoms with Crippen LogP contribution in [0.3, 0.4) is 0 Å². The third-order valence-electron chi connectivity index (χ3n) is 4.50. The molecule has 20 heavy (non-hydrogen) atoms. The van der Waals surface area contributed by atoms with E-state index in [9.17, 15) is 0 Å². The summed E-state index contributed by atoms with van der Waals surface area (Å²) in [5, 5.41) is 3.31. The van der Waals surface area contributed by atoms with Crippen molar-refractivity contribution in [1.29, 1.82) is 0 Å². The standard InChI is InChI=1S/C16H28N4/c1-5-13-12-20(10-9-19(13)4)14-7-8-16(18-11-14)15(6-2)17-3/h7-8,11,13,15,17H,5-6,9-10,12H2,1-4H3. The maximum Gasteiger partial charge on any atom is 0.0574 e. The first-order chi connectivity index (χ1) is 9.69. The summed E-state index contributed by atoms with van der Waals surface area (Å²) in [4.78, 5) is 9.58. The largest absolute Gasteiger partial charge is 0.367 e. The van der Waals surface area contributed by atoms with E-state index in [4.69, 9.17) is 0 Å². The summed E-state index contributed by atoms with van der Waals surface area (Å²) < 4.78 is 0. The lowest BCUT2D eigenvalue weighted by Gasteiger charge is -2.40. The van der Waals surface area contributed by atoms with E-state index >= 15 is 0 Å². The van der Waals surface area contributed by atoms with E-state index in [-0.39, 0.29) is 0 Å². The summed E-state index contributed by atoms with van der Waals surface area (Å²) in [5.74, 6) is 0. The number of aromatic nitrogens is 1. The van der Waals surface area contributed by atoms with E-state index in [1.54, 1.807) is 0 Å². The van der Waals surface area contributed by atoms with Gasteiger partial charge in [-0.05, 0) is 39.1 Å². The number of nitrogens with zero attached hydrogens (tertiary/aromatic N) is 3. The first kappa shape index (κ1) is 15.3. The van der Waals surface area contributed by atoms with Gasteiger partial charge >= 0.3 is 0 Å². The quantitative estimate of drug-likeness (QED) is 0.894. The third-order valence-corrected chi connectivity index (χ3v) is 4.50. The van der Waals surface area contributed by atoms with Gasteiger partial charge in [0.15, 0.2) is 0 Å². The molecule has 0 amide bonds. The minimum absolute atomic E-state index is 0.361. The van der Waals surface area contributed by atoms with Gasteiger partial charge in [-0.1, -0.05) is 13.8 Å². The fourth-order valence-corrected chi connectivity index (χ4v) is 2.97. The van der Waals surface area contributed by atoms with Gasteiger partial charge in [0, 0.05) is 31.7 Å². The lowest BCUT2D eigenvalue weighted by atomic mass is 10.1. The Morgan fingerprint density at radius 3 is 2.70 bits per heavy atom. The molecule has 4 nitrogen and oxygen atoms in total. The minimum Gasteiger partial charge on any atom is -0.367 e. The van der Waals surface area contributed by atoms with Crippen molar-refractivity contribution in [3.05, 3.63) is 24.0 Å². The molecule has 1 aromatic rings. The van der Waals surface area contributed by atoms with Crippen molar-refractivity contribution in [2.75, 3.05) is 38.6 Å². The minimum atomic E-state index is 0.361. The monoisotopic (exact) mass is 276 g/mol. The van der Waals surface area contributed by atoms with Crippen LogP contribution in [0.4, 0.5) is 5.69 Å². The Morgan fingerprint density at radius 2 is 2.15 bits per heavy atom. The summed E-state index contributed by atoms with van der Waals surface area (Å²) >= 11 is 0. The first-order valence-corrected chi connectivity index (χ1v) is 7.78. The van der Waals surface area contributed by atoms with Gasteiger partial charge in [0.25, 0.3) is 0 Å². The van der Waals surface area contributed by atoms with Crippen LogP contribution in [0.25, 0.3) is 0 Å². The first-order valence-electron chi connectivity index (χ1n) is 7.78. The molecule has 2 heterocycles. The number of piperazine rings is 1. The molecule has 2 unspecified atom stereocenters. The SMILES string of the molecule is CCC(NC)c1ccc(N2CCN(C)C(CC)C2)cn1. The fraction of sp³-hybridized carbons (Fsp3) is 0.688. The Labute approximate surface area is 123 Å². The van der Waals surface area contributed by atoms with Crippen LogP contribution >= 0.6 is 0 Å². The Morgan fingerprint density at radius 1 is 1.35 bits per heavy atom. The van der Waals surface area contributed by atoms with Gasteiger partial charge < -0.3 is 10.2 Å². The average Bonchev–Trinajstić information content (AvgIpc) is 2.50. The highest BCUT2D eigenvalue weighted by Crippen LogP contribution is 2.21. The molecule has 1 aliphatic heterocycles. The highest BCUT2D eigenvalue weighted by Gasteiger charge is 2.23. The van der Waals surface area contributed by atoms with E-state index in [2.05, 4.69) is 53.1 Å². The molecule has 0 aromatic carbocycles. The van der Waals surface area contributed by atoms with Crippen molar-refractivity contribution in [2.45, 2.75) is 38.8 Å². The number of pyridine rings is 1. The molecule has 0 spiro atoms. The van der Waals surface area contributed by atoms with E-state index < -0.39 is 0 Å². The Kier molecular flexibility index (Phi) is 5.38. The molecular formula is C16H28N4. The van der Waals surface area contributed by atoms with Crippen molar-refractivity contribution >= 4 is 5.69 Å². The number of hydrogen-bond donors (Lipinski definition) is 1. The van der Waals surface area contributed by atoms with Gasteiger partial charge in [0.05, 0.1) is 17.6 Å². The Balaban J connectivity index is 2.06. The Hall–Kier alpha value is -1.13. The molecule has 1 N–H and O–H groups in total. The van der Waals surface area contributed by atoms with Gasteiger partial charge in [0.1, 0.15) is 0 Å². The van der Waals surface area contributed by atoms with E-state index in [0.29, 0.717) is 12.1 Å². The highest BCUT2D eigenvalue weighted by atomic mass is 15.3. The predicted molar refractivity (Wildman–Crippen MR) is 85.3 cm³/mol. The van der Waals surface area contributed by atoms with E-state index in [1.165, 1.54) is 12.1 Å². The van der Waals surface area contributed by atoms with E-state index in [1.807, 2.05) is 13.2 Å². The van der Waals surface area contributed by atoms with Crippen LogP contribution in [0.1, 0.15) is 38.4 Å². The van der Waals surface area contributed by atoms with Crippen LogP contribution in [0, 0.1) is 0 Å². The smallest absolute Gasteiger partial charge is 0.0574 e. The summed E-state index contributed by atoms with van der Waals surface area (Å²) in [7, 11) is 4.22. The number of hydrogen-bond acceptors (Lipinski definition) is 4. The molecule has 0 bridgehead atoms. The summed E-state index contributed by atoms with van der Waals surface area (Å²) in [6.45, 7) is 7.79. The molecular weight excluding hydrogens is 248 g/mol. The Bertz CT molecular complexity index is 399. The van der Waals surface area contributed by atoms with Crippen LogP contribution in [-0.2, 0) is 0 Å². The zero-order valence-corrected chi connectivity index (χ0v) is 13.3. The summed E-state index contributed by atoms with van der Waals surface area (Å²) in [6.07, 6.45) is 4.30. The lowest BCUT2D eigenvalue weighted by Crippen LogP contribution is -2.51. The molecule has 1 saturated heterocycles. The molecule has 4 heteroatoms. The van der Waals surface area contributed by atoms with Gasteiger partial charge in [-0.2, -0.15) is 0 Å². The molecule has 2 rings (SSSR count). The topological polar surface area (TPSA) is 31.4 Å². The third kappa shape index (κ3) is 3.30. The molecule has 2 atom stereocenters. The average molecular weight is 276 g/mol. The van der Waals surface area contributed by atoms with Gasteiger partial charge in [0.2, 0.25) is 0 Å². The van der Waals surface area contributed by atoms with Gasteiger partial charge in [-0.3, -0.25) is 9.88 Å². The second-order valence-electron chi connectivity index (χ2n) is 5.68. The van der Waals surface area contributed by atoms with Crippen LogP contribution < -0.4 is 10.2 Å². The molecule has 1 aromatic heterocycles. The molecule has 0 saturated carbocycles. The lowest BCUT2D eigenvalue weighted by molar-refractivity contribution is 0.213. The number of nitrogens with one attached hydrogen (secondary N) is 1. The molecule has 112 valence electrons. The molecule has 1 fully saturated rings. The number of likely N-dealkylation sites (N-methyl/N-ethyl adjacent to an activating group) is 1. The van der Waals surface area contributed by atoms with Crippen LogP contribution in [-0.4, -0.2) is 49.7 Å². The maximum atomic E-state index is 4.65. The second kappa shape index (κ2) is 7.04. The zero-order chi connectivity index (χ0) is 14.5. The van der Waals surface area contributed by atoms with Crippen molar-refractivity contribution in [1.82, 2.24) is 15.2 Å². The van der Waals surface area contributed by atoms with Crippen molar-refractivity contribution in [3.63, 3.8) is 0 Å². The van der Waals surface area contributed by atoms with Crippen LogP contribution in [0.15, 0.2) is 18.3 Å². The molecule has 0 aliphatic carbocycles. The van der Waals surface area contributed by atoms with Crippen molar-refractivity contribution in [2.24, 2.45) is 0 Å². The summed E-state index contributed by atoms with van der Waals surface area (Å²) in [6, 6.07) is 5.41. The van der Waals surface area contributed by atoms with Crippen molar-refractivity contribution < 1.29 is 0 Å². The van der Waals surface area contributed by atoms with Gasteiger partial charge in [-0.25, -0.2) is 0 Å². The molecule has 1 aliphatic rings. The number of anilines is 1.